The molecule has 1 aliphatic rings. The van der Waals surface area contributed by atoms with Crippen molar-refractivity contribution in [3.05, 3.63) is 44.2 Å². The van der Waals surface area contributed by atoms with Crippen LogP contribution in [0, 0.1) is 0 Å². The first kappa shape index (κ1) is 11.0. The molecule has 14 heavy (non-hydrogen) atoms. The summed E-state index contributed by atoms with van der Waals surface area (Å²) in [6.07, 6.45) is 2.10. The lowest BCUT2D eigenvalue weighted by atomic mass is 10.1. The van der Waals surface area contributed by atoms with Crippen LogP contribution in [-0.4, -0.2) is 0 Å². The van der Waals surface area contributed by atoms with Crippen molar-refractivity contribution in [3.63, 3.8) is 0 Å². The van der Waals surface area contributed by atoms with Crippen LogP contribution in [0.15, 0.2) is 23.6 Å². The maximum Gasteiger partial charge on any atom is 0.0781 e. The van der Waals surface area contributed by atoms with Crippen LogP contribution in [0.3, 0.4) is 0 Å². The molecule has 1 atom stereocenters. The third-order valence-electron chi connectivity index (χ3n) is 1.84. The van der Waals surface area contributed by atoms with Gasteiger partial charge in [0.15, 0.2) is 0 Å². The molecule has 0 nitrogen and oxygen atoms in total. The normalized spacial score (nSPS) is 20.4. The predicted octanol–water partition coefficient (Wildman–Crippen LogP) is 5.60. The van der Waals surface area contributed by atoms with E-state index >= 15 is 0 Å². The van der Waals surface area contributed by atoms with Gasteiger partial charge in [-0.3, -0.25) is 0 Å². The minimum Gasteiger partial charge on any atom is -0.0827 e. The van der Waals surface area contributed by atoms with E-state index in [1.54, 1.807) is 27.7 Å². The van der Waals surface area contributed by atoms with Crippen LogP contribution in [0.2, 0.25) is 15.1 Å². The summed E-state index contributed by atoms with van der Waals surface area (Å²) < 4.78 is 0. The maximum absolute atomic E-state index is 6.11. The van der Waals surface area contributed by atoms with E-state index in [4.69, 9.17) is 34.8 Å². The van der Waals surface area contributed by atoms with Crippen molar-refractivity contribution in [2.24, 2.45) is 0 Å². The Morgan fingerprint density at radius 3 is 2.50 bits per heavy atom. The SMILES string of the molecule is Clc1ccc(C2C=CSS2)c(Cl)c1Cl. The molecule has 0 spiro atoms. The van der Waals surface area contributed by atoms with Gasteiger partial charge in [0.1, 0.15) is 0 Å². The highest BCUT2D eigenvalue weighted by Gasteiger charge is 2.18. The van der Waals surface area contributed by atoms with Gasteiger partial charge in [0.05, 0.1) is 20.3 Å². The van der Waals surface area contributed by atoms with Crippen LogP contribution in [0.4, 0.5) is 0 Å². The Bertz CT molecular complexity index is 390. The molecule has 5 heteroatoms. The fourth-order valence-electron chi connectivity index (χ4n) is 1.14. The highest BCUT2D eigenvalue weighted by atomic mass is 35.5. The summed E-state index contributed by atoms with van der Waals surface area (Å²) >= 11 is 17.9. The molecular formula is C9H5Cl3S2. The van der Waals surface area contributed by atoms with E-state index < -0.39 is 0 Å². The van der Waals surface area contributed by atoms with Crippen LogP contribution >= 0.6 is 56.4 Å². The summed E-state index contributed by atoms with van der Waals surface area (Å²) in [4.78, 5) is 0. The number of hydrogen-bond acceptors (Lipinski definition) is 2. The van der Waals surface area contributed by atoms with Gasteiger partial charge in [-0.05, 0) is 17.0 Å². The summed E-state index contributed by atoms with van der Waals surface area (Å²) in [7, 11) is 3.44. The summed E-state index contributed by atoms with van der Waals surface area (Å²) in [5, 5.41) is 3.83. The topological polar surface area (TPSA) is 0 Å². The van der Waals surface area contributed by atoms with Crippen molar-refractivity contribution in [2.45, 2.75) is 5.25 Å². The van der Waals surface area contributed by atoms with Crippen molar-refractivity contribution in [2.75, 3.05) is 0 Å². The summed E-state index contributed by atoms with van der Waals surface area (Å²) in [5.74, 6) is 0. The van der Waals surface area contributed by atoms with E-state index in [1.165, 1.54) is 0 Å². The molecule has 0 amide bonds. The van der Waals surface area contributed by atoms with Crippen LogP contribution in [0.5, 0.6) is 0 Å². The largest absolute Gasteiger partial charge is 0.0827 e. The highest BCUT2D eigenvalue weighted by Crippen LogP contribution is 2.49. The Morgan fingerprint density at radius 1 is 1.07 bits per heavy atom. The van der Waals surface area contributed by atoms with Gasteiger partial charge in [-0.1, -0.05) is 68.5 Å². The van der Waals surface area contributed by atoms with Gasteiger partial charge in [-0.15, -0.1) is 0 Å². The molecule has 0 aromatic heterocycles. The first-order valence-electron chi connectivity index (χ1n) is 3.82. The Labute approximate surface area is 105 Å². The van der Waals surface area contributed by atoms with Gasteiger partial charge >= 0.3 is 0 Å². The smallest absolute Gasteiger partial charge is 0.0781 e. The fourth-order valence-corrected chi connectivity index (χ4v) is 4.06. The van der Waals surface area contributed by atoms with Crippen molar-refractivity contribution < 1.29 is 0 Å². The Balaban J connectivity index is 2.43. The lowest BCUT2D eigenvalue weighted by Crippen LogP contribution is -1.88. The average Bonchev–Trinajstić information content (AvgIpc) is 2.67. The van der Waals surface area contributed by atoms with Crippen molar-refractivity contribution in [1.29, 1.82) is 0 Å². The van der Waals surface area contributed by atoms with E-state index in [1.807, 2.05) is 11.5 Å². The number of benzene rings is 1. The molecular weight excluding hydrogens is 279 g/mol. The lowest BCUT2D eigenvalue weighted by molar-refractivity contribution is 1.25. The zero-order chi connectivity index (χ0) is 10.1. The van der Waals surface area contributed by atoms with Gasteiger partial charge in [-0.25, -0.2) is 0 Å². The average molecular weight is 284 g/mol. The predicted molar refractivity (Wildman–Crippen MR) is 68.5 cm³/mol. The molecule has 2 rings (SSSR count). The third-order valence-corrected chi connectivity index (χ3v) is 5.43. The number of rotatable bonds is 1. The van der Waals surface area contributed by atoms with Crippen LogP contribution in [0.1, 0.15) is 10.8 Å². The Kier molecular flexibility index (Phi) is 3.61. The molecule has 0 saturated carbocycles. The quantitative estimate of drug-likeness (QED) is 0.486. The molecule has 1 unspecified atom stereocenters. The van der Waals surface area contributed by atoms with Crippen molar-refractivity contribution in [3.8, 4) is 0 Å². The van der Waals surface area contributed by atoms with E-state index in [0.717, 1.165) is 5.56 Å². The molecule has 0 fully saturated rings. The minimum atomic E-state index is 0.280. The Morgan fingerprint density at radius 2 is 1.86 bits per heavy atom. The minimum absolute atomic E-state index is 0.280. The first-order chi connectivity index (χ1) is 6.70. The van der Waals surface area contributed by atoms with E-state index in [9.17, 15) is 0 Å². The second-order valence-electron chi connectivity index (χ2n) is 2.71. The van der Waals surface area contributed by atoms with E-state index in [-0.39, 0.29) is 5.25 Å². The lowest BCUT2D eigenvalue weighted by Gasteiger charge is -2.10. The zero-order valence-electron chi connectivity index (χ0n) is 6.84. The maximum atomic E-state index is 6.11. The molecule has 1 aliphatic heterocycles. The highest BCUT2D eigenvalue weighted by molar-refractivity contribution is 8.78. The molecule has 1 heterocycles. The standard InChI is InChI=1S/C9H5Cl3S2/c10-6-2-1-5(8(11)9(6)12)7-3-4-13-14-7/h1-4,7H. The Hall–Kier alpha value is 0.530. The molecule has 1 aromatic rings. The van der Waals surface area contributed by atoms with Gasteiger partial charge < -0.3 is 0 Å². The second kappa shape index (κ2) is 4.58. The van der Waals surface area contributed by atoms with Crippen LogP contribution in [0.25, 0.3) is 0 Å². The third kappa shape index (κ3) is 2.05. The van der Waals surface area contributed by atoms with Gasteiger partial charge in [-0.2, -0.15) is 0 Å². The fraction of sp³-hybridized carbons (Fsp3) is 0.111. The molecule has 0 N–H and O–H groups in total. The van der Waals surface area contributed by atoms with Crippen LogP contribution < -0.4 is 0 Å². The monoisotopic (exact) mass is 282 g/mol. The molecule has 0 bridgehead atoms. The summed E-state index contributed by atoms with van der Waals surface area (Å²) in [6, 6.07) is 3.70. The van der Waals surface area contributed by atoms with E-state index in [0.29, 0.717) is 15.1 Å². The van der Waals surface area contributed by atoms with E-state index in [2.05, 4.69) is 6.08 Å². The zero-order valence-corrected chi connectivity index (χ0v) is 10.7. The van der Waals surface area contributed by atoms with Crippen molar-refractivity contribution in [1.82, 2.24) is 0 Å². The second-order valence-corrected chi connectivity index (χ2v) is 6.19. The first-order valence-corrected chi connectivity index (χ1v) is 7.23. The van der Waals surface area contributed by atoms with Gasteiger partial charge in [0.2, 0.25) is 0 Å². The molecule has 74 valence electrons. The van der Waals surface area contributed by atoms with Crippen LogP contribution in [-0.2, 0) is 0 Å². The molecule has 0 saturated heterocycles. The van der Waals surface area contributed by atoms with Crippen molar-refractivity contribution >= 4 is 56.4 Å². The summed E-state index contributed by atoms with van der Waals surface area (Å²) in [6.45, 7) is 0. The number of hydrogen-bond donors (Lipinski definition) is 0. The molecule has 0 aliphatic carbocycles. The molecule has 0 radical (unpaired) electrons. The number of halogens is 3. The summed E-state index contributed by atoms with van der Waals surface area (Å²) in [5.41, 5.74) is 1.02. The molecule has 1 aromatic carbocycles. The van der Waals surface area contributed by atoms with Gasteiger partial charge in [0, 0.05) is 0 Å². The van der Waals surface area contributed by atoms with Gasteiger partial charge in [0.25, 0.3) is 0 Å².